The van der Waals surface area contributed by atoms with Crippen LogP contribution in [0, 0.1) is 6.79 Å². The maximum Gasteiger partial charge on any atom is 0.314 e. The molecule has 0 N–H and O–H groups in total. The molecule has 0 saturated heterocycles. The fourth-order valence-corrected chi connectivity index (χ4v) is 0.278. The second-order valence-electron chi connectivity index (χ2n) is 1.03. The van der Waals surface area contributed by atoms with Crippen LogP contribution in [0.4, 0.5) is 0 Å². The molecular formula is C5H5O2. The normalized spacial score (nSPS) is 17.1. The average molecular weight is 97.1 g/mol. The Balaban J connectivity index is 2.39. The van der Waals surface area contributed by atoms with Crippen molar-refractivity contribution in [2.75, 3.05) is 0 Å². The molecule has 0 bridgehead atoms. The monoisotopic (exact) mass is 97.0 g/mol. The van der Waals surface area contributed by atoms with Gasteiger partial charge in [-0.1, -0.05) is 0 Å². The Morgan fingerprint density at radius 3 is 2.00 bits per heavy atom. The summed E-state index contributed by atoms with van der Waals surface area (Å²) >= 11 is 0. The molecule has 0 unspecified atom stereocenters. The Morgan fingerprint density at radius 2 is 1.43 bits per heavy atom. The fraction of sp³-hybridized carbons (Fsp3) is 0. The smallest absolute Gasteiger partial charge is 0.314 e. The molecule has 1 rings (SSSR count). The van der Waals surface area contributed by atoms with Crippen LogP contribution < -0.4 is 0 Å². The van der Waals surface area contributed by atoms with Gasteiger partial charge in [0.2, 0.25) is 0 Å². The van der Waals surface area contributed by atoms with E-state index in [1.807, 2.05) is 0 Å². The van der Waals surface area contributed by atoms with Gasteiger partial charge in [0, 0.05) is 0 Å². The molecule has 1 aliphatic rings. The first-order valence-corrected chi connectivity index (χ1v) is 1.94. The van der Waals surface area contributed by atoms with E-state index in [0.29, 0.717) is 0 Å². The molecule has 1 aliphatic heterocycles. The standard InChI is InChI=1S/C5H5O2/c1-2-4-7-5-6-3-1/h1-5H. The van der Waals surface area contributed by atoms with Gasteiger partial charge < -0.3 is 9.47 Å². The van der Waals surface area contributed by atoms with Crippen LogP contribution in [0.25, 0.3) is 0 Å². The lowest BCUT2D eigenvalue weighted by Gasteiger charge is -1.91. The molecule has 1 heterocycles. The predicted octanol–water partition coefficient (Wildman–Crippen LogP) is 1.18. The van der Waals surface area contributed by atoms with Crippen LogP contribution in [0.2, 0.25) is 0 Å². The number of allylic oxidation sites excluding steroid dienone is 2. The highest BCUT2D eigenvalue weighted by Gasteiger charge is 1.80. The van der Waals surface area contributed by atoms with Crippen molar-refractivity contribution in [2.24, 2.45) is 0 Å². The molecule has 0 amide bonds. The lowest BCUT2D eigenvalue weighted by molar-refractivity contribution is 0.136. The van der Waals surface area contributed by atoms with E-state index in [1.165, 1.54) is 19.3 Å². The van der Waals surface area contributed by atoms with E-state index >= 15 is 0 Å². The summed E-state index contributed by atoms with van der Waals surface area (Å²) in [6.07, 6.45) is 6.54. The second-order valence-corrected chi connectivity index (χ2v) is 1.03. The molecule has 0 aromatic rings. The topological polar surface area (TPSA) is 18.5 Å². The molecule has 0 spiro atoms. The summed E-state index contributed by atoms with van der Waals surface area (Å²) in [5.74, 6) is 0. The van der Waals surface area contributed by atoms with Crippen LogP contribution in [0.5, 0.6) is 0 Å². The Kier molecular flexibility index (Phi) is 1.39. The van der Waals surface area contributed by atoms with Crippen molar-refractivity contribution in [3.05, 3.63) is 31.5 Å². The molecular weight excluding hydrogens is 92.1 g/mol. The van der Waals surface area contributed by atoms with Crippen LogP contribution >= 0.6 is 0 Å². The molecule has 1 radical (unpaired) electrons. The van der Waals surface area contributed by atoms with Crippen molar-refractivity contribution in [1.82, 2.24) is 0 Å². The van der Waals surface area contributed by atoms with Gasteiger partial charge in [0.25, 0.3) is 0 Å². The molecule has 0 aromatic carbocycles. The van der Waals surface area contributed by atoms with Crippen LogP contribution in [0.1, 0.15) is 0 Å². The Morgan fingerprint density at radius 1 is 0.857 bits per heavy atom. The summed E-state index contributed by atoms with van der Waals surface area (Å²) in [5.41, 5.74) is 0. The van der Waals surface area contributed by atoms with Gasteiger partial charge >= 0.3 is 6.79 Å². The molecule has 2 nitrogen and oxygen atoms in total. The third-order valence-corrected chi connectivity index (χ3v) is 0.536. The van der Waals surface area contributed by atoms with Crippen LogP contribution in [0.3, 0.4) is 0 Å². The summed E-state index contributed by atoms with van der Waals surface area (Å²) in [7, 11) is 0. The molecule has 37 valence electrons. The number of hydrogen-bond donors (Lipinski definition) is 0. The lowest BCUT2D eigenvalue weighted by atomic mass is 10.6. The first-order valence-electron chi connectivity index (χ1n) is 1.94. The van der Waals surface area contributed by atoms with Crippen LogP contribution in [0.15, 0.2) is 24.7 Å². The Bertz CT molecular complexity index is 82.3. The highest BCUT2D eigenvalue weighted by molar-refractivity contribution is 4.97. The quantitative estimate of drug-likeness (QED) is 0.452. The average Bonchev–Trinajstić information content (AvgIpc) is 1.90. The largest absolute Gasteiger partial charge is 0.456 e. The first kappa shape index (κ1) is 4.24. The fourth-order valence-electron chi connectivity index (χ4n) is 0.278. The predicted molar refractivity (Wildman–Crippen MR) is 24.7 cm³/mol. The Labute approximate surface area is 42.0 Å². The highest BCUT2D eigenvalue weighted by atomic mass is 16.7. The van der Waals surface area contributed by atoms with Gasteiger partial charge in [0.15, 0.2) is 0 Å². The van der Waals surface area contributed by atoms with Gasteiger partial charge in [-0.3, -0.25) is 0 Å². The maximum absolute atomic E-state index is 4.60. The molecule has 2 heteroatoms. The molecule has 7 heavy (non-hydrogen) atoms. The summed E-state index contributed by atoms with van der Waals surface area (Å²) in [6.45, 7) is 1.25. The number of ether oxygens (including phenoxy) is 2. The molecule has 0 aliphatic carbocycles. The summed E-state index contributed by atoms with van der Waals surface area (Å²) in [4.78, 5) is 0. The molecule has 0 atom stereocenters. The van der Waals surface area contributed by atoms with Crippen molar-refractivity contribution < 1.29 is 9.47 Å². The highest BCUT2D eigenvalue weighted by Crippen LogP contribution is 1.92. The minimum atomic E-state index is 1.25. The number of hydrogen-bond acceptors (Lipinski definition) is 2. The van der Waals surface area contributed by atoms with Gasteiger partial charge in [-0.25, -0.2) is 0 Å². The van der Waals surface area contributed by atoms with Gasteiger partial charge in [-0.15, -0.1) is 0 Å². The van der Waals surface area contributed by atoms with Crippen molar-refractivity contribution >= 4 is 0 Å². The van der Waals surface area contributed by atoms with Crippen molar-refractivity contribution in [1.29, 1.82) is 0 Å². The van der Waals surface area contributed by atoms with E-state index < -0.39 is 0 Å². The Hall–Kier alpha value is -0.920. The summed E-state index contributed by atoms with van der Waals surface area (Å²) in [5, 5.41) is 0. The van der Waals surface area contributed by atoms with E-state index in [0.717, 1.165) is 0 Å². The van der Waals surface area contributed by atoms with E-state index in [2.05, 4.69) is 9.47 Å². The van der Waals surface area contributed by atoms with Crippen molar-refractivity contribution in [3.8, 4) is 0 Å². The van der Waals surface area contributed by atoms with E-state index in [9.17, 15) is 0 Å². The minimum absolute atomic E-state index is 1.25. The zero-order valence-electron chi connectivity index (χ0n) is 3.70. The van der Waals surface area contributed by atoms with Crippen LogP contribution in [-0.4, -0.2) is 0 Å². The van der Waals surface area contributed by atoms with E-state index in [-0.39, 0.29) is 0 Å². The molecule has 0 aromatic heterocycles. The van der Waals surface area contributed by atoms with Gasteiger partial charge in [0.1, 0.15) is 0 Å². The summed E-state index contributed by atoms with van der Waals surface area (Å²) < 4.78 is 9.21. The van der Waals surface area contributed by atoms with Gasteiger partial charge in [-0.05, 0) is 12.2 Å². The molecule has 0 fully saturated rings. The second kappa shape index (κ2) is 2.29. The third kappa shape index (κ3) is 1.30. The zero-order chi connectivity index (χ0) is 4.95. The van der Waals surface area contributed by atoms with Gasteiger partial charge in [0.05, 0.1) is 12.5 Å². The van der Waals surface area contributed by atoms with Gasteiger partial charge in [-0.2, -0.15) is 0 Å². The van der Waals surface area contributed by atoms with E-state index in [1.54, 1.807) is 12.2 Å². The summed E-state index contributed by atoms with van der Waals surface area (Å²) in [6, 6.07) is 0. The van der Waals surface area contributed by atoms with E-state index in [4.69, 9.17) is 0 Å². The SMILES string of the molecule is [CH]1OC=CC=CO1. The van der Waals surface area contributed by atoms with Crippen LogP contribution in [-0.2, 0) is 9.47 Å². The minimum Gasteiger partial charge on any atom is -0.456 e. The lowest BCUT2D eigenvalue weighted by Crippen LogP contribution is -1.74. The third-order valence-electron chi connectivity index (χ3n) is 0.536. The zero-order valence-corrected chi connectivity index (χ0v) is 3.70. The first-order chi connectivity index (χ1) is 3.50. The molecule has 0 saturated carbocycles. The van der Waals surface area contributed by atoms with Crippen molar-refractivity contribution in [3.63, 3.8) is 0 Å². The number of rotatable bonds is 0. The van der Waals surface area contributed by atoms with Crippen molar-refractivity contribution in [2.45, 2.75) is 0 Å². The maximum atomic E-state index is 4.60.